The van der Waals surface area contributed by atoms with E-state index in [1.54, 1.807) is 0 Å². The van der Waals surface area contributed by atoms with E-state index in [-0.39, 0.29) is 17.7 Å². The van der Waals surface area contributed by atoms with E-state index in [0.717, 1.165) is 22.8 Å². The first kappa shape index (κ1) is 15.4. The van der Waals surface area contributed by atoms with Crippen LogP contribution in [0.5, 0.6) is 0 Å². The van der Waals surface area contributed by atoms with Crippen LogP contribution in [0.15, 0.2) is 39.2 Å². The highest BCUT2D eigenvalue weighted by Crippen LogP contribution is 2.23. The quantitative estimate of drug-likeness (QED) is 0.576. The van der Waals surface area contributed by atoms with E-state index in [2.05, 4.69) is 15.5 Å². The smallest absolute Gasteiger partial charge is 0.403 e. The van der Waals surface area contributed by atoms with Gasteiger partial charge in [-0.05, 0) is 43.2 Å². The van der Waals surface area contributed by atoms with E-state index in [1.807, 2.05) is 32.0 Å². The maximum atomic E-state index is 11.9. The van der Waals surface area contributed by atoms with Crippen LogP contribution in [0.25, 0.3) is 11.5 Å². The summed E-state index contributed by atoms with van der Waals surface area (Å²) in [6.07, 6.45) is 0. The molecule has 3 aromatic rings. The number of benzene rings is 1. The van der Waals surface area contributed by atoms with E-state index in [4.69, 9.17) is 8.83 Å². The molecule has 0 fully saturated rings. The molecule has 0 aliphatic carbocycles. The number of nitrogens with one attached hydrogen (secondary N) is 1. The minimum atomic E-state index is -0.735. The third-order valence-corrected chi connectivity index (χ3v) is 3.39. The molecule has 0 unspecified atom stereocenters. The van der Waals surface area contributed by atoms with Crippen LogP contribution in [-0.4, -0.2) is 21.0 Å². The topological polar surface area (TPSA) is 124 Å². The number of aryl methyl sites for hydroxylation is 2. The Bertz CT molecular complexity index is 928. The molecule has 122 valence electrons. The lowest BCUT2D eigenvalue weighted by Gasteiger charge is -2.01. The van der Waals surface area contributed by atoms with Gasteiger partial charge >= 0.3 is 11.9 Å². The summed E-state index contributed by atoms with van der Waals surface area (Å²) in [7, 11) is 0. The molecule has 9 nitrogen and oxygen atoms in total. The fourth-order valence-electron chi connectivity index (χ4n) is 1.97. The minimum absolute atomic E-state index is 0.132. The number of hydrogen-bond donors (Lipinski definition) is 1. The van der Waals surface area contributed by atoms with Crippen molar-refractivity contribution in [1.82, 2.24) is 10.2 Å². The highest BCUT2D eigenvalue weighted by Gasteiger charge is 2.19. The van der Waals surface area contributed by atoms with Gasteiger partial charge in [0.25, 0.3) is 5.91 Å². The molecule has 1 N–H and O–H groups in total. The van der Waals surface area contributed by atoms with Gasteiger partial charge in [-0.3, -0.25) is 20.2 Å². The third kappa shape index (κ3) is 3.00. The van der Waals surface area contributed by atoms with Crippen molar-refractivity contribution in [3.63, 3.8) is 0 Å². The molecule has 0 atom stereocenters. The predicted molar refractivity (Wildman–Crippen MR) is 82.5 cm³/mol. The van der Waals surface area contributed by atoms with Crippen LogP contribution in [0.3, 0.4) is 0 Å². The Labute approximate surface area is 135 Å². The lowest BCUT2D eigenvalue weighted by atomic mass is 10.1. The van der Waals surface area contributed by atoms with Gasteiger partial charge in [-0.25, -0.2) is 0 Å². The van der Waals surface area contributed by atoms with Crippen molar-refractivity contribution >= 4 is 17.8 Å². The molecule has 2 aromatic heterocycles. The Kier molecular flexibility index (Phi) is 3.82. The van der Waals surface area contributed by atoms with Gasteiger partial charge in [0.1, 0.15) is 4.92 Å². The number of furan rings is 1. The molecule has 0 aliphatic heterocycles. The van der Waals surface area contributed by atoms with E-state index < -0.39 is 16.7 Å². The van der Waals surface area contributed by atoms with Crippen molar-refractivity contribution in [3.8, 4) is 11.5 Å². The molecule has 24 heavy (non-hydrogen) atoms. The number of nitrogens with zero attached hydrogens (tertiary/aromatic N) is 3. The molecule has 9 heteroatoms. The minimum Gasteiger partial charge on any atom is -0.403 e. The Morgan fingerprint density at radius 2 is 1.92 bits per heavy atom. The highest BCUT2D eigenvalue weighted by molar-refractivity contribution is 6.01. The monoisotopic (exact) mass is 328 g/mol. The Balaban J connectivity index is 1.76. The zero-order chi connectivity index (χ0) is 17.3. The van der Waals surface area contributed by atoms with Gasteiger partial charge in [0.05, 0.1) is 6.07 Å². The van der Waals surface area contributed by atoms with E-state index in [1.165, 1.54) is 6.07 Å². The molecule has 1 aromatic carbocycles. The first-order chi connectivity index (χ1) is 11.4. The van der Waals surface area contributed by atoms with Gasteiger partial charge in [-0.2, -0.15) is 0 Å². The number of anilines is 1. The molecule has 0 bridgehead atoms. The molecule has 3 rings (SSSR count). The summed E-state index contributed by atoms with van der Waals surface area (Å²) in [6.45, 7) is 3.95. The zero-order valence-corrected chi connectivity index (χ0v) is 12.8. The molecule has 0 spiro atoms. The lowest BCUT2D eigenvalue weighted by Crippen LogP contribution is -2.11. The Morgan fingerprint density at radius 1 is 1.12 bits per heavy atom. The van der Waals surface area contributed by atoms with E-state index >= 15 is 0 Å². The number of rotatable bonds is 4. The molecular formula is C15H12N4O5. The second-order valence-corrected chi connectivity index (χ2v) is 5.06. The summed E-state index contributed by atoms with van der Waals surface area (Å²) >= 11 is 0. The number of nitro groups is 1. The summed E-state index contributed by atoms with van der Waals surface area (Å²) in [5.41, 5.74) is 2.92. The van der Waals surface area contributed by atoms with Crippen LogP contribution in [0.4, 0.5) is 11.9 Å². The number of amides is 1. The van der Waals surface area contributed by atoms with Gasteiger partial charge in [0, 0.05) is 5.56 Å². The molecule has 0 saturated heterocycles. The van der Waals surface area contributed by atoms with Crippen molar-refractivity contribution in [3.05, 3.63) is 57.3 Å². The number of hydrogen-bond acceptors (Lipinski definition) is 7. The number of aromatic nitrogens is 2. The predicted octanol–water partition coefficient (Wildman–Crippen LogP) is 3.11. The number of carbonyl (C=O) groups excluding carboxylic acids is 1. The summed E-state index contributed by atoms with van der Waals surface area (Å²) in [5.74, 6) is -1.23. The van der Waals surface area contributed by atoms with E-state index in [9.17, 15) is 14.9 Å². The third-order valence-electron chi connectivity index (χ3n) is 3.39. The van der Waals surface area contributed by atoms with Crippen molar-refractivity contribution < 1.29 is 18.6 Å². The maximum Gasteiger partial charge on any atom is 0.433 e. The second-order valence-electron chi connectivity index (χ2n) is 5.06. The van der Waals surface area contributed by atoms with E-state index in [0.29, 0.717) is 0 Å². The van der Waals surface area contributed by atoms with Gasteiger partial charge in [0.15, 0.2) is 5.76 Å². The molecule has 2 heterocycles. The van der Waals surface area contributed by atoms with Crippen LogP contribution in [-0.2, 0) is 0 Å². The summed E-state index contributed by atoms with van der Waals surface area (Å²) in [4.78, 5) is 21.8. The normalized spacial score (nSPS) is 10.6. The largest absolute Gasteiger partial charge is 0.433 e. The van der Waals surface area contributed by atoms with Crippen LogP contribution in [0.2, 0.25) is 0 Å². The molecular weight excluding hydrogens is 316 g/mol. The molecule has 0 saturated carbocycles. The summed E-state index contributed by atoms with van der Waals surface area (Å²) < 4.78 is 10.2. The van der Waals surface area contributed by atoms with Crippen molar-refractivity contribution in [2.24, 2.45) is 0 Å². The highest BCUT2D eigenvalue weighted by atomic mass is 16.6. The lowest BCUT2D eigenvalue weighted by molar-refractivity contribution is -0.402. The SMILES string of the molecule is Cc1ccc(-c2nnc(NC(=O)c3ccc([N+](=O)[O-])o3)o2)cc1C. The second kappa shape index (κ2) is 5.95. The molecule has 0 radical (unpaired) electrons. The zero-order valence-electron chi connectivity index (χ0n) is 12.8. The first-order valence-electron chi connectivity index (χ1n) is 6.91. The Morgan fingerprint density at radius 3 is 2.58 bits per heavy atom. The Hall–Kier alpha value is -3.49. The maximum absolute atomic E-state index is 11.9. The van der Waals surface area contributed by atoms with Crippen LogP contribution in [0, 0.1) is 24.0 Å². The fraction of sp³-hybridized carbons (Fsp3) is 0.133. The van der Waals surface area contributed by atoms with Crippen molar-refractivity contribution in [2.45, 2.75) is 13.8 Å². The summed E-state index contributed by atoms with van der Waals surface area (Å²) in [5, 5.41) is 20.5. The van der Waals surface area contributed by atoms with Gasteiger partial charge in [0.2, 0.25) is 5.89 Å². The molecule has 0 aliphatic rings. The summed E-state index contributed by atoms with van der Waals surface area (Å²) in [6, 6.07) is 7.79. The average molecular weight is 328 g/mol. The van der Waals surface area contributed by atoms with Crippen molar-refractivity contribution in [2.75, 3.05) is 5.32 Å². The molecule has 1 amide bonds. The first-order valence-corrected chi connectivity index (χ1v) is 6.91. The van der Waals surface area contributed by atoms with Crippen LogP contribution < -0.4 is 5.32 Å². The number of carbonyl (C=O) groups is 1. The van der Waals surface area contributed by atoms with Gasteiger partial charge in [-0.1, -0.05) is 11.2 Å². The van der Waals surface area contributed by atoms with Crippen LogP contribution >= 0.6 is 0 Å². The van der Waals surface area contributed by atoms with Crippen LogP contribution in [0.1, 0.15) is 21.7 Å². The van der Waals surface area contributed by atoms with Gasteiger partial charge < -0.3 is 8.83 Å². The van der Waals surface area contributed by atoms with Gasteiger partial charge in [-0.15, -0.1) is 5.10 Å². The van der Waals surface area contributed by atoms with Crippen molar-refractivity contribution in [1.29, 1.82) is 0 Å². The standard InChI is InChI=1S/C15H12N4O5/c1-8-3-4-10(7-9(8)2)14-17-18-15(24-14)16-13(20)11-5-6-12(23-11)19(21)22/h3-7H,1-2H3,(H,16,18,20). The average Bonchev–Trinajstić information content (AvgIpc) is 3.19. The fourth-order valence-corrected chi connectivity index (χ4v) is 1.97.